The molecule has 0 radical (unpaired) electrons. The van der Waals surface area contributed by atoms with Crippen molar-refractivity contribution in [1.82, 2.24) is 0 Å². The van der Waals surface area contributed by atoms with Crippen LogP contribution >= 0.6 is 12.6 Å². The van der Waals surface area contributed by atoms with Gasteiger partial charge in [0, 0.05) is 11.5 Å². The minimum Gasteiger partial charge on any atom is -0.229 e. The fourth-order valence-electron chi connectivity index (χ4n) is 0.951. The van der Waals surface area contributed by atoms with Crippen LogP contribution in [-0.2, 0) is 9.84 Å². The van der Waals surface area contributed by atoms with Crippen molar-refractivity contribution in [2.75, 3.05) is 6.26 Å². The molecular formula is C5H10O2S2. The van der Waals surface area contributed by atoms with Gasteiger partial charge in [0.25, 0.3) is 0 Å². The molecule has 0 bridgehead atoms. The summed E-state index contributed by atoms with van der Waals surface area (Å²) >= 11 is 4.09. The van der Waals surface area contributed by atoms with E-state index >= 15 is 0 Å². The van der Waals surface area contributed by atoms with Gasteiger partial charge in [0.1, 0.15) is 0 Å². The highest BCUT2D eigenvalue weighted by Crippen LogP contribution is 2.30. The molecule has 0 aromatic heterocycles. The van der Waals surface area contributed by atoms with Crippen molar-refractivity contribution >= 4 is 22.5 Å². The summed E-state index contributed by atoms with van der Waals surface area (Å²) in [6.07, 6.45) is 3.02. The molecule has 2 unspecified atom stereocenters. The molecule has 0 aromatic carbocycles. The minimum absolute atomic E-state index is 0.0972. The first-order chi connectivity index (χ1) is 4.02. The topological polar surface area (TPSA) is 34.1 Å². The molecule has 0 aliphatic heterocycles. The molecule has 1 aliphatic rings. The van der Waals surface area contributed by atoms with Gasteiger partial charge in [-0.1, -0.05) is 0 Å². The predicted octanol–water partition coefficient (Wildman–Crippen LogP) is 0.492. The van der Waals surface area contributed by atoms with Crippen molar-refractivity contribution in [3.8, 4) is 0 Å². The summed E-state index contributed by atoms with van der Waals surface area (Å²) in [5, 5.41) is -0.0687. The Labute approximate surface area is 61.0 Å². The van der Waals surface area contributed by atoms with Gasteiger partial charge in [0.15, 0.2) is 9.84 Å². The van der Waals surface area contributed by atoms with E-state index < -0.39 is 9.84 Å². The fourth-order valence-corrected chi connectivity index (χ4v) is 3.18. The third-order valence-corrected chi connectivity index (χ3v) is 4.21. The highest BCUT2D eigenvalue weighted by atomic mass is 32.2. The van der Waals surface area contributed by atoms with Gasteiger partial charge in [-0.2, -0.15) is 12.6 Å². The summed E-state index contributed by atoms with van der Waals surface area (Å²) in [4.78, 5) is 0. The zero-order valence-corrected chi connectivity index (χ0v) is 6.95. The first kappa shape index (κ1) is 7.41. The number of thiol groups is 1. The Hall–Kier alpha value is 0.300. The smallest absolute Gasteiger partial charge is 0.151 e. The van der Waals surface area contributed by atoms with Crippen LogP contribution in [0.4, 0.5) is 0 Å². The molecule has 2 atom stereocenters. The lowest BCUT2D eigenvalue weighted by atomic mass is 9.99. The molecule has 0 N–H and O–H groups in total. The summed E-state index contributed by atoms with van der Waals surface area (Å²) in [7, 11) is -2.79. The Balaban J connectivity index is 2.66. The van der Waals surface area contributed by atoms with E-state index in [1.165, 1.54) is 6.26 Å². The van der Waals surface area contributed by atoms with Crippen molar-refractivity contribution in [3.63, 3.8) is 0 Å². The molecule has 1 fully saturated rings. The van der Waals surface area contributed by atoms with Crippen molar-refractivity contribution in [3.05, 3.63) is 0 Å². The summed E-state index contributed by atoms with van der Waals surface area (Å²) in [5.74, 6) is 0. The van der Waals surface area contributed by atoms with Crippen molar-refractivity contribution in [2.24, 2.45) is 0 Å². The molecule has 1 aliphatic carbocycles. The summed E-state index contributed by atoms with van der Waals surface area (Å²) in [6, 6.07) is 0. The minimum atomic E-state index is -2.79. The van der Waals surface area contributed by atoms with Gasteiger partial charge in [-0.25, -0.2) is 8.42 Å². The Bertz CT molecular complexity index is 195. The summed E-state index contributed by atoms with van der Waals surface area (Å²) < 4.78 is 21.6. The second kappa shape index (κ2) is 2.16. The number of hydrogen-bond acceptors (Lipinski definition) is 3. The Morgan fingerprint density at radius 3 is 2.00 bits per heavy atom. The molecule has 0 heterocycles. The van der Waals surface area contributed by atoms with E-state index in [0.29, 0.717) is 0 Å². The van der Waals surface area contributed by atoms with Crippen LogP contribution in [0.2, 0.25) is 0 Å². The SMILES string of the molecule is CS(=O)(=O)C1CCC1S. The Kier molecular flexibility index (Phi) is 1.78. The lowest BCUT2D eigenvalue weighted by Gasteiger charge is -2.30. The summed E-state index contributed by atoms with van der Waals surface area (Å²) in [5.41, 5.74) is 0. The first-order valence-electron chi connectivity index (χ1n) is 2.89. The quantitative estimate of drug-likeness (QED) is 0.575. The molecule has 0 saturated heterocycles. The van der Waals surface area contributed by atoms with Crippen molar-refractivity contribution < 1.29 is 8.42 Å². The van der Waals surface area contributed by atoms with Gasteiger partial charge < -0.3 is 0 Å². The fraction of sp³-hybridized carbons (Fsp3) is 1.00. The van der Waals surface area contributed by atoms with Crippen LogP contribution in [0, 0.1) is 0 Å². The maximum absolute atomic E-state index is 10.8. The monoisotopic (exact) mass is 166 g/mol. The van der Waals surface area contributed by atoms with Crippen LogP contribution in [-0.4, -0.2) is 25.2 Å². The molecule has 0 aromatic rings. The van der Waals surface area contributed by atoms with Gasteiger partial charge in [0.05, 0.1) is 5.25 Å². The molecule has 4 heteroatoms. The number of hydrogen-bond donors (Lipinski definition) is 1. The second-order valence-electron chi connectivity index (χ2n) is 2.51. The van der Waals surface area contributed by atoms with E-state index in [9.17, 15) is 8.42 Å². The van der Waals surface area contributed by atoms with Crippen LogP contribution in [0.5, 0.6) is 0 Å². The van der Waals surface area contributed by atoms with Gasteiger partial charge in [-0.15, -0.1) is 0 Å². The molecular weight excluding hydrogens is 156 g/mol. The standard InChI is InChI=1S/C5H10O2S2/c1-9(6,7)5-3-2-4(5)8/h4-5,8H,2-3H2,1H3. The number of rotatable bonds is 1. The van der Waals surface area contributed by atoms with Crippen LogP contribution in [0.1, 0.15) is 12.8 Å². The second-order valence-corrected chi connectivity index (χ2v) is 5.44. The van der Waals surface area contributed by atoms with E-state index in [1.54, 1.807) is 0 Å². The largest absolute Gasteiger partial charge is 0.229 e. The molecule has 0 amide bonds. The maximum Gasteiger partial charge on any atom is 0.151 e. The molecule has 1 rings (SSSR count). The summed E-state index contributed by atoms with van der Waals surface area (Å²) in [6.45, 7) is 0. The number of sulfone groups is 1. The average molecular weight is 166 g/mol. The van der Waals surface area contributed by atoms with Crippen molar-refractivity contribution in [2.45, 2.75) is 23.3 Å². The Morgan fingerprint density at radius 1 is 1.44 bits per heavy atom. The van der Waals surface area contributed by atoms with E-state index in [1.807, 2.05) is 0 Å². The van der Waals surface area contributed by atoms with Crippen LogP contribution in [0.25, 0.3) is 0 Å². The molecule has 1 saturated carbocycles. The Morgan fingerprint density at radius 2 is 2.00 bits per heavy atom. The molecule has 0 spiro atoms. The molecule has 54 valence electrons. The van der Waals surface area contributed by atoms with Gasteiger partial charge in [0.2, 0.25) is 0 Å². The lowest BCUT2D eigenvalue weighted by molar-refractivity contribution is 0.495. The third kappa shape index (κ3) is 1.41. The average Bonchev–Trinajstić information content (AvgIpc) is 1.57. The first-order valence-corrected chi connectivity index (χ1v) is 5.36. The van der Waals surface area contributed by atoms with Gasteiger partial charge in [-0.05, 0) is 12.8 Å². The van der Waals surface area contributed by atoms with Crippen LogP contribution in [0.15, 0.2) is 0 Å². The molecule has 2 nitrogen and oxygen atoms in total. The van der Waals surface area contributed by atoms with Crippen molar-refractivity contribution in [1.29, 1.82) is 0 Å². The van der Waals surface area contributed by atoms with E-state index in [-0.39, 0.29) is 10.5 Å². The van der Waals surface area contributed by atoms with E-state index in [4.69, 9.17) is 0 Å². The van der Waals surface area contributed by atoms with Crippen LogP contribution in [0.3, 0.4) is 0 Å². The van der Waals surface area contributed by atoms with E-state index in [0.717, 1.165) is 12.8 Å². The van der Waals surface area contributed by atoms with Crippen LogP contribution < -0.4 is 0 Å². The van der Waals surface area contributed by atoms with Gasteiger partial charge >= 0.3 is 0 Å². The lowest BCUT2D eigenvalue weighted by Crippen LogP contribution is -2.38. The predicted molar refractivity (Wildman–Crippen MR) is 40.6 cm³/mol. The highest BCUT2D eigenvalue weighted by Gasteiger charge is 2.35. The normalized spacial score (nSPS) is 35.8. The molecule has 9 heavy (non-hydrogen) atoms. The zero-order chi connectivity index (χ0) is 7.07. The zero-order valence-electron chi connectivity index (χ0n) is 5.24. The van der Waals surface area contributed by atoms with Gasteiger partial charge in [-0.3, -0.25) is 0 Å². The third-order valence-electron chi connectivity index (χ3n) is 1.73. The van der Waals surface area contributed by atoms with E-state index in [2.05, 4.69) is 12.6 Å². The maximum atomic E-state index is 10.8. The highest BCUT2D eigenvalue weighted by molar-refractivity contribution is 7.92.